The molecule has 0 fully saturated rings. The van der Waals surface area contributed by atoms with Gasteiger partial charge in [-0.15, -0.1) is 0 Å². The standard InChI is InChI=1S/C14H15GeN2/c1-11-6-5-7-12-14(11)17(10-15-12)13-8-3-4-9-16(13)2/h3-9H,10H2,1-2H3/q+1. The minimum absolute atomic E-state index is 0.00246. The van der Waals surface area contributed by atoms with E-state index in [9.17, 15) is 0 Å². The molecule has 0 saturated carbocycles. The van der Waals surface area contributed by atoms with Crippen LogP contribution in [0.1, 0.15) is 5.56 Å². The maximum atomic E-state index is 2.48. The van der Waals surface area contributed by atoms with E-state index in [0.29, 0.717) is 0 Å². The number of fused-ring (bicyclic) bond motifs is 1. The van der Waals surface area contributed by atoms with Crippen molar-refractivity contribution in [3.8, 4) is 0 Å². The molecule has 0 bridgehead atoms. The fourth-order valence-corrected chi connectivity index (χ4v) is 5.25. The Bertz CT molecular complexity index is 566. The summed E-state index contributed by atoms with van der Waals surface area (Å²) in [6.45, 7) is 2.21. The quantitative estimate of drug-likeness (QED) is 0.565. The normalized spacial score (nSPS) is 13.9. The van der Waals surface area contributed by atoms with Crippen molar-refractivity contribution in [3.63, 3.8) is 0 Å². The van der Waals surface area contributed by atoms with Crippen LogP contribution in [0.25, 0.3) is 0 Å². The molecule has 84 valence electrons. The van der Waals surface area contributed by atoms with Gasteiger partial charge in [0.15, 0.2) is 0 Å². The van der Waals surface area contributed by atoms with Gasteiger partial charge in [-0.1, -0.05) is 0 Å². The van der Waals surface area contributed by atoms with Crippen molar-refractivity contribution in [3.05, 3.63) is 48.2 Å². The van der Waals surface area contributed by atoms with Crippen LogP contribution in [0.5, 0.6) is 0 Å². The predicted molar refractivity (Wildman–Crippen MR) is 71.2 cm³/mol. The summed E-state index contributed by atoms with van der Waals surface area (Å²) in [6.07, 6.45) is 2.12. The van der Waals surface area contributed by atoms with Crippen LogP contribution in [0.2, 0.25) is 0 Å². The van der Waals surface area contributed by atoms with Crippen LogP contribution in [0.4, 0.5) is 11.5 Å². The monoisotopic (exact) mass is 285 g/mol. The van der Waals surface area contributed by atoms with Crippen LogP contribution >= 0.6 is 0 Å². The molecule has 1 aromatic heterocycles. The van der Waals surface area contributed by atoms with Gasteiger partial charge >= 0.3 is 108 Å². The summed E-state index contributed by atoms with van der Waals surface area (Å²) in [5.74, 6) is 1.30. The first-order valence-corrected chi connectivity index (χ1v) is 8.36. The molecule has 3 rings (SSSR count). The van der Waals surface area contributed by atoms with Crippen LogP contribution in [0.15, 0.2) is 42.6 Å². The summed E-state index contributed by atoms with van der Waals surface area (Å²) in [5.41, 5.74) is 2.85. The molecule has 2 heterocycles. The Morgan fingerprint density at radius 1 is 1.18 bits per heavy atom. The van der Waals surface area contributed by atoms with E-state index in [4.69, 9.17) is 0 Å². The summed E-state index contributed by atoms with van der Waals surface area (Å²) in [6, 6.07) is 13.1. The molecule has 2 radical (unpaired) electrons. The van der Waals surface area contributed by atoms with Gasteiger partial charge < -0.3 is 0 Å². The van der Waals surface area contributed by atoms with Gasteiger partial charge in [0.25, 0.3) is 0 Å². The Morgan fingerprint density at radius 3 is 2.88 bits per heavy atom. The van der Waals surface area contributed by atoms with Crippen molar-refractivity contribution in [2.75, 3.05) is 10.3 Å². The Balaban J connectivity index is 2.13. The van der Waals surface area contributed by atoms with Gasteiger partial charge in [0.1, 0.15) is 0 Å². The van der Waals surface area contributed by atoms with Crippen LogP contribution in [-0.4, -0.2) is 20.8 Å². The average molecular weight is 284 g/mol. The molecule has 0 saturated heterocycles. The van der Waals surface area contributed by atoms with Crippen LogP contribution in [0, 0.1) is 6.92 Å². The van der Waals surface area contributed by atoms with Gasteiger partial charge in [-0.25, -0.2) is 0 Å². The molecule has 0 amide bonds. The molecule has 2 nitrogen and oxygen atoms in total. The summed E-state index contributed by atoms with van der Waals surface area (Å²) in [5, 5.41) is 1.21. The molecule has 2 aromatic rings. The van der Waals surface area contributed by atoms with Crippen molar-refractivity contribution < 1.29 is 4.57 Å². The van der Waals surface area contributed by atoms with Crippen molar-refractivity contribution in [1.29, 1.82) is 0 Å². The van der Waals surface area contributed by atoms with Crippen LogP contribution < -0.4 is 13.9 Å². The molecule has 0 aliphatic carbocycles. The third kappa shape index (κ3) is 1.76. The molecule has 3 heteroatoms. The zero-order valence-electron chi connectivity index (χ0n) is 10.1. The number of nitrogens with zero attached hydrogens (tertiary/aromatic N) is 2. The summed E-state index contributed by atoms with van der Waals surface area (Å²) in [7, 11) is 2.12. The Morgan fingerprint density at radius 2 is 2.06 bits per heavy atom. The van der Waals surface area contributed by atoms with E-state index in [1.807, 2.05) is 0 Å². The fourth-order valence-electron chi connectivity index (χ4n) is 2.39. The van der Waals surface area contributed by atoms with Gasteiger partial charge in [0, 0.05) is 0 Å². The molecule has 0 atom stereocenters. The Labute approximate surface area is 108 Å². The third-order valence-corrected chi connectivity index (χ3v) is 5.88. The van der Waals surface area contributed by atoms with Crippen molar-refractivity contribution in [2.24, 2.45) is 7.05 Å². The SMILES string of the molecule is Cc1ccc[c]2c1N(c1cccc[n+]1C)[CH2][Ge]2. The molecular formula is C14H15GeN2+. The molecule has 0 unspecified atom stereocenters. The zero-order valence-corrected chi connectivity index (χ0v) is 12.2. The topological polar surface area (TPSA) is 7.12 Å². The fraction of sp³-hybridized carbons (Fsp3) is 0.214. The molecule has 0 spiro atoms. The first kappa shape index (κ1) is 10.8. The van der Waals surface area contributed by atoms with Crippen LogP contribution in [0.3, 0.4) is 0 Å². The van der Waals surface area contributed by atoms with Gasteiger partial charge in [0.2, 0.25) is 0 Å². The van der Waals surface area contributed by atoms with Gasteiger partial charge in [0.05, 0.1) is 0 Å². The van der Waals surface area contributed by atoms with E-state index in [-0.39, 0.29) is 15.4 Å². The first-order chi connectivity index (χ1) is 8.27. The second-order valence-corrected chi connectivity index (χ2v) is 6.94. The van der Waals surface area contributed by atoms with Gasteiger partial charge in [-0.05, 0) is 0 Å². The number of hydrogen-bond donors (Lipinski definition) is 0. The van der Waals surface area contributed by atoms with Crippen molar-refractivity contribution in [1.82, 2.24) is 0 Å². The van der Waals surface area contributed by atoms with E-state index < -0.39 is 0 Å². The van der Waals surface area contributed by atoms with Gasteiger partial charge in [-0.2, -0.15) is 0 Å². The summed E-state index contributed by atoms with van der Waals surface area (Å²) < 4.78 is 3.79. The maximum absolute atomic E-state index is 2.48. The minimum atomic E-state index is 0.00246. The second-order valence-electron chi connectivity index (χ2n) is 4.40. The number of para-hydroxylation sites is 1. The first-order valence-electron chi connectivity index (χ1n) is 5.83. The molecule has 1 aromatic carbocycles. The van der Waals surface area contributed by atoms with Gasteiger partial charge in [-0.3, -0.25) is 0 Å². The third-order valence-electron chi connectivity index (χ3n) is 3.24. The van der Waals surface area contributed by atoms with Crippen molar-refractivity contribution >= 4 is 31.3 Å². The van der Waals surface area contributed by atoms with E-state index in [0.717, 1.165) is 0 Å². The number of rotatable bonds is 1. The summed E-state index contributed by atoms with van der Waals surface area (Å²) >= 11 is 0.00246. The molecule has 0 N–H and O–H groups in total. The Kier molecular flexibility index (Phi) is 2.67. The number of anilines is 2. The van der Waals surface area contributed by atoms with Crippen molar-refractivity contribution in [2.45, 2.75) is 6.92 Å². The number of aryl methyl sites for hydroxylation is 2. The second kappa shape index (κ2) is 4.18. The molecule has 1 aliphatic rings. The van der Waals surface area contributed by atoms with E-state index in [1.54, 1.807) is 4.40 Å². The molecule has 1 aliphatic heterocycles. The van der Waals surface area contributed by atoms with E-state index >= 15 is 0 Å². The molecular weight excluding hydrogens is 269 g/mol. The predicted octanol–water partition coefficient (Wildman–Crippen LogP) is 1.26. The number of benzene rings is 1. The van der Waals surface area contributed by atoms with E-state index in [2.05, 4.69) is 66.0 Å². The van der Waals surface area contributed by atoms with Crippen LogP contribution in [-0.2, 0) is 7.05 Å². The number of aromatic nitrogens is 1. The zero-order chi connectivity index (χ0) is 11.8. The number of pyridine rings is 1. The number of hydrogen-bond acceptors (Lipinski definition) is 1. The average Bonchev–Trinajstić information content (AvgIpc) is 2.75. The summed E-state index contributed by atoms with van der Waals surface area (Å²) in [4.78, 5) is 2.48. The van der Waals surface area contributed by atoms with E-state index in [1.165, 1.54) is 22.4 Å². The molecule has 17 heavy (non-hydrogen) atoms. The Hall–Kier alpha value is -1.29.